The molecular weight excluding hydrogens is 193 g/mol. The second kappa shape index (κ2) is 4.53. The predicted molar refractivity (Wildman–Crippen MR) is 56.2 cm³/mol. The molecule has 80 valence electrons. The third kappa shape index (κ3) is 2.63. The van der Waals surface area contributed by atoms with Crippen molar-refractivity contribution in [3.05, 3.63) is 35.6 Å². The Morgan fingerprint density at radius 1 is 1.33 bits per heavy atom. The highest BCUT2D eigenvalue weighted by Crippen LogP contribution is 2.10. The van der Waals surface area contributed by atoms with Gasteiger partial charge in [-0.15, -0.1) is 0 Å². The predicted octanol–water partition coefficient (Wildman–Crippen LogP) is 1.64. The summed E-state index contributed by atoms with van der Waals surface area (Å²) >= 11 is 0. The van der Waals surface area contributed by atoms with Crippen molar-refractivity contribution in [2.75, 3.05) is 19.6 Å². The fourth-order valence-corrected chi connectivity index (χ4v) is 1.86. The fourth-order valence-electron chi connectivity index (χ4n) is 1.86. The molecule has 0 bridgehead atoms. The maximum Gasteiger partial charge on any atom is 0.148 e. The Bertz CT molecular complexity index is 364. The number of ketones is 1. The number of Topliss-reactive ketones (excluding diaryl/α,β-unsaturated/α-hetero) is 1. The van der Waals surface area contributed by atoms with Crippen molar-refractivity contribution >= 4 is 5.78 Å². The van der Waals surface area contributed by atoms with Crippen LogP contribution in [-0.2, 0) is 11.2 Å². The lowest BCUT2D eigenvalue weighted by molar-refractivity contribution is -0.116. The van der Waals surface area contributed by atoms with E-state index in [1.165, 1.54) is 6.07 Å². The van der Waals surface area contributed by atoms with Gasteiger partial charge in [0.1, 0.15) is 11.6 Å². The molecule has 0 aromatic heterocycles. The summed E-state index contributed by atoms with van der Waals surface area (Å²) in [5.41, 5.74) is 0.733. The Labute approximate surface area is 88.7 Å². The minimum atomic E-state index is -0.150. The molecule has 0 N–H and O–H groups in total. The molecule has 0 atom stereocenters. The summed E-state index contributed by atoms with van der Waals surface area (Å²) in [6.45, 7) is 2.13. The molecule has 1 aromatic carbocycles. The number of likely N-dealkylation sites (tertiary alicyclic amines) is 1. The van der Waals surface area contributed by atoms with Crippen molar-refractivity contribution in [2.24, 2.45) is 0 Å². The molecule has 3 heteroatoms. The number of hydrogen-bond acceptors (Lipinski definition) is 2. The standard InChI is InChI=1S/C12H14FNO/c13-12-4-2-1-3-10(12)5-7-14-8-6-11(15)9-14/h1-4H,5-9H2. The summed E-state index contributed by atoms with van der Waals surface area (Å²) in [7, 11) is 0. The highest BCUT2D eigenvalue weighted by Gasteiger charge is 2.18. The summed E-state index contributed by atoms with van der Waals surface area (Å²) in [4.78, 5) is 13.1. The van der Waals surface area contributed by atoms with Crippen LogP contribution in [-0.4, -0.2) is 30.3 Å². The number of halogens is 1. The first-order valence-electron chi connectivity index (χ1n) is 5.23. The van der Waals surface area contributed by atoms with Crippen LogP contribution in [0, 0.1) is 5.82 Å². The highest BCUT2D eigenvalue weighted by atomic mass is 19.1. The van der Waals surface area contributed by atoms with Gasteiger partial charge >= 0.3 is 0 Å². The molecule has 2 rings (SSSR count). The molecule has 1 fully saturated rings. The number of hydrogen-bond donors (Lipinski definition) is 0. The molecule has 0 spiro atoms. The molecule has 1 aromatic rings. The van der Waals surface area contributed by atoms with E-state index < -0.39 is 0 Å². The molecule has 0 aliphatic carbocycles. The van der Waals surface area contributed by atoms with Crippen LogP contribution in [0.2, 0.25) is 0 Å². The summed E-state index contributed by atoms with van der Waals surface area (Å²) in [6.07, 6.45) is 1.33. The first-order valence-corrected chi connectivity index (χ1v) is 5.23. The zero-order chi connectivity index (χ0) is 10.7. The van der Waals surface area contributed by atoms with Crippen molar-refractivity contribution in [3.63, 3.8) is 0 Å². The van der Waals surface area contributed by atoms with Gasteiger partial charge in [-0.2, -0.15) is 0 Å². The van der Waals surface area contributed by atoms with Crippen LogP contribution >= 0.6 is 0 Å². The molecule has 1 heterocycles. The van der Waals surface area contributed by atoms with Crippen LogP contribution in [0.4, 0.5) is 4.39 Å². The Balaban J connectivity index is 1.88. The lowest BCUT2D eigenvalue weighted by atomic mass is 10.1. The van der Waals surface area contributed by atoms with Gasteiger partial charge < -0.3 is 0 Å². The second-order valence-corrected chi connectivity index (χ2v) is 3.91. The highest BCUT2D eigenvalue weighted by molar-refractivity contribution is 5.82. The minimum Gasteiger partial charge on any atom is -0.298 e. The van der Waals surface area contributed by atoms with Crippen LogP contribution in [0.25, 0.3) is 0 Å². The molecule has 0 radical (unpaired) electrons. The number of carbonyl (C=O) groups is 1. The average molecular weight is 207 g/mol. The summed E-state index contributed by atoms with van der Waals surface area (Å²) in [5, 5.41) is 0. The molecule has 1 saturated heterocycles. The van der Waals surface area contributed by atoms with Gasteiger partial charge in [0.2, 0.25) is 0 Å². The van der Waals surface area contributed by atoms with E-state index in [2.05, 4.69) is 4.90 Å². The second-order valence-electron chi connectivity index (χ2n) is 3.91. The maximum atomic E-state index is 13.3. The third-order valence-corrected chi connectivity index (χ3v) is 2.76. The average Bonchev–Trinajstić information content (AvgIpc) is 2.63. The largest absolute Gasteiger partial charge is 0.298 e. The SMILES string of the molecule is O=C1CCN(CCc2ccccc2F)C1. The van der Waals surface area contributed by atoms with E-state index in [1.807, 2.05) is 6.07 Å². The van der Waals surface area contributed by atoms with E-state index in [0.29, 0.717) is 25.2 Å². The van der Waals surface area contributed by atoms with Crippen molar-refractivity contribution in [1.29, 1.82) is 0 Å². The van der Waals surface area contributed by atoms with Crippen molar-refractivity contribution in [1.82, 2.24) is 4.90 Å². The number of benzene rings is 1. The molecular formula is C12H14FNO. The molecule has 0 saturated carbocycles. The van der Waals surface area contributed by atoms with Crippen LogP contribution in [0.1, 0.15) is 12.0 Å². The summed E-state index contributed by atoms with van der Waals surface area (Å²) in [5.74, 6) is 0.145. The van der Waals surface area contributed by atoms with E-state index in [-0.39, 0.29) is 5.82 Å². The molecule has 1 aliphatic rings. The van der Waals surface area contributed by atoms with Gasteiger partial charge in [0.15, 0.2) is 0 Å². The number of nitrogens with zero attached hydrogens (tertiary/aromatic N) is 1. The number of carbonyl (C=O) groups excluding carboxylic acids is 1. The molecule has 15 heavy (non-hydrogen) atoms. The van der Waals surface area contributed by atoms with Gasteiger partial charge in [0.25, 0.3) is 0 Å². The van der Waals surface area contributed by atoms with Gasteiger partial charge in [-0.3, -0.25) is 9.69 Å². The van der Waals surface area contributed by atoms with Gasteiger partial charge in [-0.05, 0) is 18.1 Å². The van der Waals surface area contributed by atoms with Crippen LogP contribution < -0.4 is 0 Å². The van der Waals surface area contributed by atoms with Crippen LogP contribution in [0.15, 0.2) is 24.3 Å². The van der Waals surface area contributed by atoms with Crippen molar-refractivity contribution in [3.8, 4) is 0 Å². The van der Waals surface area contributed by atoms with E-state index in [4.69, 9.17) is 0 Å². The lowest BCUT2D eigenvalue weighted by Gasteiger charge is -2.13. The Morgan fingerprint density at radius 3 is 2.80 bits per heavy atom. The van der Waals surface area contributed by atoms with Gasteiger partial charge in [-0.25, -0.2) is 4.39 Å². The molecule has 0 unspecified atom stereocenters. The molecule has 0 amide bonds. The summed E-state index contributed by atoms with van der Waals surface area (Å²) in [6, 6.07) is 6.81. The summed E-state index contributed by atoms with van der Waals surface area (Å²) < 4.78 is 13.3. The van der Waals surface area contributed by atoms with Crippen molar-refractivity contribution < 1.29 is 9.18 Å². The third-order valence-electron chi connectivity index (χ3n) is 2.76. The van der Waals surface area contributed by atoms with Gasteiger partial charge in [0.05, 0.1) is 6.54 Å². The first kappa shape index (κ1) is 10.3. The van der Waals surface area contributed by atoms with Gasteiger partial charge in [0, 0.05) is 19.5 Å². The van der Waals surface area contributed by atoms with E-state index >= 15 is 0 Å². The smallest absolute Gasteiger partial charge is 0.148 e. The van der Waals surface area contributed by atoms with Crippen molar-refractivity contribution in [2.45, 2.75) is 12.8 Å². The lowest BCUT2D eigenvalue weighted by Crippen LogP contribution is -2.23. The Kier molecular flexibility index (Phi) is 3.11. The normalized spacial score (nSPS) is 17.3. The van der Waals surface area contributed by atoms with Crippen LogP contribution in [0.3, 0.4) is 0 Å². The molecule has 1 aliphatic heterocycles. The van der Waals surface area contributed by atoms with E-state index in [9.17, 15) is 9.18 Å². The Morgan fingerprint density at radius 2 is 2.13 bits per heavy atom. The van der Waals surface area contributed by atoms with Crippen LogP contribution in [0.5, 0.6) is 0 Å². The topological polar surface area (TPSA) is 20.3 Å². The fraction of sp³-hybridized carbons (Fsp3) is 0.417. The number of rotatable bonds is 3. The van der Waals surface area contributed by atoms with E-state index in [0.717, 1.165) is 18.7 Å². The Hall–Kier alpha value is -1.22. The quantitative estimate of drug-likeness (QED) is 0.751. The molecule has 2 nitrogen and oxygen atoms in total. The minimum absolute atomic E-state index is 0.150. The maximum absolute atomic E-state index is 13.3. The van der Waals surface area contributed by atoms with Gasteiger partial charge in [-0.1, -0.05) is 18.2 Å². The monoisotopic (exact) mass is 207 g/mol. The first-order chi connectivity index (χ1) is 7.25. The van der Waals surface area contributed by atoms with E-state index in [1.54, 1.807) is 12.1 Å². The zero-order valence-electron chi connectivity index (χ0n) is 8.58. The zero-order valence-corrected chi connectivity index (χ0v) is 8.58.